The highest BCUT2D eigenvalue weighted by molar-refractivity contribution is 9.11. The second kappa shape index (κ2) is 7.53. The molecule has 0 fully saturated rings. The smallest absolute Gasteiger partial charge is 0.318 e. The summed E-state index contributed by atoms with van der Waals surface area (Å²) in [5.74, 6) is -1.45. The van der Waals surface area contributed by atoms with Crippen molar-refractivity contribution in [2.24, 2.45) is 5.92 Å². The minimum atomic E-state index is -0.704. The van der Waals surface area contributed by atoms with Gasteiger partial charge in [0.05, 0.1) is 10.9 Å². The van der Waals surface area contributed by atoms with Gasteiger partial charge in [-0.3, -0.25) is 9.59 Å². The Labute approximate surface area is 119 Å². The van der Waals surface area contributed by atoms with Gasteiger partial charge < -0.3 is 10.1 Å². The molecule has 0 bridgehead atoms. The normalized spacial score (nSPS) is 11.9. The van der Waals surface area contributed by atoms with E-state index >= 15 is 0 Å². The van der Waals surface area contributed by atoms with Gasteiger partial charge in [-0.2, -0.15) is 0 Å². The van der Waals surface area contributed by atoms with Crippen molar-refractivity contribution in [1.29, 1.82) is 0 Å². The van der Waals surface area contributed by atoms with E-state index in [2.05, 4.69) is 26.0 Å². The molecule has 18 heavy (non-hydrogen) atoms. The van der Waals surface area contributed by atoms with E-state index in [1.807, 2.05) is 12.1 Å². The fourth-order valence-electron chi connectivity index (χ4n) is 1.52. The summed E-state index contributed by atoms with van der Waals surface area (Å²) in [6, 6.07) is 3.99. The molecule has 1 heterocycles. The number of hydrogen-bond donors (Lipinski definition) is 1. The Balaban J connectivity index is 2.38. The second-order valence-electron chi connectivity index (χ2n) is 3.73. The lowest BCUT2D eigenvalue weighted by molar-refractivity contribution is -0.150. The van der Waals surface area contributed by atoms with E-state index in [1.165, 1.54) is 12.0 Å². The van der Waals surface area contributed by atoms with Gasteiger partial charge in [-0.15, -0.1) is 11.3 Å². The van der Waals surface area contributed by atoms with Gasteiger partial charge in [-0.25, -0.2) is 0 Å². The van der Waals surface area contributed by atoms with E-state index in [-0.39, 0.29) is 5.91 Å². The van der Waals surface area contributed by atoms with Crippen molar-refractivity contribution in [2.45, 2.75) is 19.8 Å². The standard InChI is InChI=1S/C12H16BrNO3S/c1-3-9(12(16)17-2)11(15)14-7-6-8-4-5-10(13)18-8/h4-5,9H,3,6-7H2,1-2H3,(H,14,15). The zero-order valence-corrected chi connectivity index (χ0v) is 12.8. The lowest BCUT2D eigenvalue weighted by atomic mass is 10.1. The van der Waals surface area contributed by atoms with E-state index in [4.69, 9.17) is 0 Å². The maximum Gasteiger partial charge on any atom is 0.318 e. The van der Waals surface area contributed by atoms with Crippen LogP contribution in [0.2, 0.25) is 0 Å². The van der Waals surface area contributed by atoms with Gasteiger partial charge in [0.2, 0.25) is 5.91 Å². The van der Waals surface area contributed by atoms with E-state index in [9.17, 15) is 9.59 Å². The number of thiophene rings is 1. The van der Waals surface area contributed by atoms with E-state index in [0.717, 1.165) is 10.2 Å². The number of esters is 1. The molecule has 0 aliphatic heterocycles. The average molecular weight is 334 g/mol. The molecule has 0 spiro atoms. The van der Waals surface area contributed by atoms with Gasteiger partial charge in [0.1, 0.15) is 5.92 Å². The Morgan fingerprint density at radius 1 is 1.50 bits per heavy atom. The summed E-state index contributed by atoms with van der Waals surface area (Å²) in [4.78, 5) is 24.3. The Morgan fingerprint density at radius 2 is 2.22 bits per heavy atom. The molecule has 0 saturated carbocycles. The Hall–Kier alpha value is -0.880. The number of carbonyl (C=O) groups is 2. The first kappa shape index (κ1) is 15.2. The van der Waals surface area contributed by atoms with Crippen molar-refractivity contribution in [3.8, 4) is 0 Å². The highest BCUT2D eigenvalue weighted by Crippen LogP contribution is 2.22. The largest absolute Gasteiger partial charge is 0.468 e. The molecule has 6 heteroatoms. The fourth-order valence-corrected chi connectivity index (χ4v) is 3.00. The number of methoxy groups -OCH3 is 1. The number of carbonyl (C=O) groups excluding carboxylic acids is 2. The molecule has 100 valence electrons. The molecule has 0 aliphatic rings. The summed E-state index contributed by atoms with van der Waals surface area (Å²) in [5.41, 5.74) is 0. The lowest BCUT2D eigenvalue weighted by Gasteiger charge is -2.12. The van der Waals surface area contributed by atoms with Gasteiger partial charge in [0, 0.05) is 11.4 Å². The first-order valence-electron chi connectivity index (χ1n) is 5.68. The summed E-state index contributed by atoms with van der Waals surface area (Å²) in [5, 5.41) is 2.76. The molecule has 0 radical (unpaired) electrons. The van der Waals surface area contributed by atoms with E-state index in [1.54, 1.807) is 18.3 Å². The minimum Gasteiger partial charge on any atom is -0.468 e. The quantitative estimate of drug-likeness (QED) is 0.642. The van der Waals surface area contributed by atoms with Crippen LogP contribution < -0.4 is 5.32 Å². The van der Waals surface area contributed by atoms with Gasteiger partial charge in [-0.1, -0.05) is 6.92 Å². The van der Waals surface area contributed by atoms with Crippen LogP contribution in [0, 0.1) is 5.92 Å². The van der Waals surface area contributed by atoms with Gasteiger partial charge in [0.25, 0.3) is 0 Å². The molecule has 1 N–H and O–H groups in total. The number of nitrogens with one attached hydrogen (secondary N) is 1. The minimum absolute atomic E-state index is 0.264. The van der Waals surface area contributed by atoms with Gasteiger partial charge >= 0.3 is 5.97 Å². The summed E-state index contributed by atoms with van der Waals surface area (Å²) in [7, 11) is 1.29. The average Bonchev–Trinajstić information content (AvgIpc) is 2.75. The third kappa shape index (κ3) is 4.42. The van der Waals surface area contributed by atoms with Crippen molar-refractivity contribution in [3.05, 3.63) is 20.8 Å². The molecule has 1 rings (SSSR count). The first-order chi connectivity index (χ1) is 8.58. The summed E-state index contributed by atoms with van der Waals surface area (Å²) in [6.45, 7) is 2.32. The van der Waals surface area contributed by atoms with Crippen molar-refractivity contribution < 1.29 is 14.3 Å². The topological polar surface area (TPSA) is 55.4 Å². The molecule has 1 aromatic rings. The van der Waals surface area contributed by atoms with Crippen molar-refractivity contribution >= 4 is 39.1 Å². The molecule has 0 aromatic carbocycles. The predicted octanol–water partition coefficient (Wildman–Crippen LogP) is 2.37. The predicted molar refractivity (Wildman–Crippen MR) is 74.5 cm³/mol. The number of hydrogen-bond acceptors (Lipinski definition) is 4. The molecule has 4 nitrogen and oxygen atoms in total. The van der Waals surface area contributed by atoms with Crippen molar-refractivity contribution in [1.82, 2.24) is 5.32 Å². The Bertz CT molecular complexity index is 419. The Morgan fingerprint density at radius 3 is 2.72 bits per heavy atom. The molecular weight excluding hydrogens is 318 g/mol. The fraction of sp³-hybridized carbons (Fsp3) is 0.500. The maximum absolute atomic E-state index is 11.8. The molecule has 1 aromatic heterocycles. The molecule has 0 aliphatic carbocycles. The second-order valence-corrected chi connectivity index (χ2v) is 6.28. The van der Waals surface area contributed by atoms with Crippen LogP contribution in [0.25, 0.3) is 0 Å². The third-order valence-electron chi connectivity index (χ3n) is 2.51. The lowest BCUT2D eigenvalue weighted by Crippen LogP contribution is -2.36. The zero-order chi connectivity index (χ0) is 13.5. The number of rotatable bonds is 6. The van der Waals surface area contributed by atoms with Crippen LogP contribution in [-0.4, -0.2) is 25.5 Å². The van der Waals surface area contributed by atoms with Crippen LogP contribution in [0.4, 0.5) is 0 Å². The van der Waals surface area contributed by atoms with Crippen LogP contribution in [0.1, 0.15) is 18.2 Å². The van der Waals surface area contributed by atoms with Crippen LogP contribution in [0.3, 0.4) is 0 Å². The molecule has 1 atom stereocenters. The first-order valence-corrected chi connectivity index (χ1v) is 7.29. The number of ether oxygens (including phenoxy) is 1. The van der Waals surface area contributed by atoms with E-state index in [0.29, 0.717) is 13.0 Å². The van der Waals surface area contributed by atoms with Gasteiger partial charge in [-0.05, 0) is 40.9 Å². The molecule has 0 saturated heterocycles. The van der Waals surface area contributed by atoms with Crippen LogP contribution in [0.5, 0.6) is 0 Å². The van der Waals surface area contributed by atoms with Crippen LogP contribution in [0.15, 0.2) is 15.9 Å². The highest BCUT2D eigenvalue weighted by Gasteiger charge is 2.24. The summed E-state index contributed by atoms with van der Waals surface area (Å²) < 4.78 is 5.66. The van der Waals surface area contributed by atoms with Crippen molar-refractivity contribution in [2.75, 3.05) is 13.7 Å². The van der Waals surface area contributed by atoms with Crippen LogP contribution >= 0.6 is 27.3 Å². The maximum atomic E-state index is 11.8. The molecule has 1 unspecified atom stereocenters. The van der Waals surface area contributed by atoms with Gasteiger partial charge in [0.15, 0.2) is 0 Å². The SMILES string of the molecule is CCC(C(=O)NCCc1ccc(Br)s1)C(=O)OC. The third-order valence-corrected chi connectivity index (χ3v) is 4.19. The van der Waals surface area contributed by atoms with Crippen molar-refractivity contribution in [3.63, 3.8) is 0 Å². The van der Waals surface area contributed by atoms with E-state index < -0.39 is 11.9 Å². The van der Waals surface area contributed by atoms with Crippen LogP contribution in [-0.2, 0) is 20.7 Å². The monoisotopic (exact) mass is 333 g/mol. The highest BCUT2D eigenvalue weighted by atomic mass is 79.9. The summed E-state index contributed by atoms with van der Waals surface area (Å²) in [6.07, 6.45) is 1.21. The molecule has 1 amide bonds. The molecular formula is C12H16BrNO3S. The number of amides is 1. The number of halogens is 1. The zero-order valence-electron chi connectivity index (χ0n) is 10.4. The summed E-state index contributed by atoms with van der Waals surface area (Å²) >= 11 is 5.02. The Kier molecular flexibility index (Phi) is 6.35.